The van der Waals surface area contributed by atoms with Crippen molar-refractivity contribution in [3.05, 3.63) is 59.7 Å². The zero-order valence-electron chi connectivity index (χ0n) is 13.8. The van der Waals surface area contributed by atoms with E-state index in [0.29, 0.717) is 5.56 Å². The maximum absolute atomic E-state index is 12.5. The number of hydrogen-bond acceptors (Lipinski definition) is 3. The Morgan fingerprint density at radius 2 is 1.83 bits per heavy atom. The molecule has 0 atom stereocenters. The SMILES string of the molecule is CCNCc1ccccc1NC(=O)c1cccc(N(C)C)c1.Cl. The van der Waals surface area contributed by atoms with E-state index in [1.54, 1.807) is 0 Å². The Morgan fingerprint density at radius 3 is 2.52 bits per heavy atom. The van der Waals surface area contributed by atoms with Gasteiger partial charge in [0.15, 0.2) is 0 Å². The number of hydrogen-bond donors (Lipinski definition) is 2. The summed E-state index contributed by atoms with van der Waals surface area (Å²) in [4.78, 5) is 14.4. The van der Waals surface area contributed by atoms with Gasteiger partial charge in [0.05, 0.1) is 0 Å². The molecule has 0 saturated heterocycles. The number of carbonyl (C=O) groups excluding carboxylic acids is 1. The number of benzene rings is 2. The molecule has 0 spiro atoms. The molecule has 2 aromatic rings. The molecule has 0 aliphatic rings. The van der Waals surface area contributed by atoms with Crippen LogP contribution in [-0.4, -0.2) is 26.5 Å². The number of rotatable bonds is 6. The molecule has 0 bridgehead atoms. The van der Waals surface area contributed by atoms with E-state index in [0.717, 1.165) is 30.0 Å². The number of nitrogens with one attached hydrogen (secondary N) is 2. The van der Waals surface area contributed by atoms with E-state index < -0.39 is 0 Å². The van der Waals surface area contributed by atoms with Gasteiger partial charge in [0.2, 0.25) is 0 Å². The quantitative estimate of drug-likeness (QED) is 0.850. The van der Waals surface area contributed by atoms with Crippen LogP contribution in [0.25, 0.3) is 0 Å². The number of halogens is 1. The molecule has 2 N–H and O–H groups in total. The highest BCUT2D eigenvalue weighted by Gasteiger charge is 2.09. The molecular weight excluding hydrogens is 310 g/mol. The van der Waals surface area contributed by atoms with Crippen LogP contribution in [-0.2, 0) is 6.54 Å². The van der Waals surface area contributed by atoms with E-state index in [1.807, 2.05) is 67.5 Å². The van der Waals surface area contributed by atoms with Crippen molar-refractivity contribution < 1.29 is 4.79 Å². The van der Waals surface area contributed by atoms with Gasteiger partial charge in [-0.1, -0.05) is 31.2 Å². The molecule has 2 rings (SSSR count). The monoisotopic (exact) mass is 333 g/mol. The second-order valence-electron chi connectivity index (χ2n) is 5.34. The standard InChI is InChI=1S/C18H23N3O.ClH/c1-4-19-13-15-8-5-6-11-17(15)20-18(22)14-9-7-10-16(12-14)21(2)3;/h5-12,19H,4,13H2,1-3H3,(H,20,22);1H. The van der Waals surface area contributed by atoms with Crippen molar-refractivity contribution in [1.29, 1.82) is 0 Å². The summed E-state index contributed by atoms with van der Waals surface area (Å²) < 4.78 is 0. The van der Waals surface area contributed by atoms with Crippen molar-refractivity contribution in [1.82, 2.24) is 5.32 Å². The van der Waals surface area contributed by atoms with Crippen LogP contribution in [0.4, 0.5) is 11.4 Å². The molecule has 124 valence electrons. The molecule has 2 aromatic carbocycles. The minimum absolute atomic E-state index is 0. The first-order valence-electron chi connectivity index (χ1n) is 7.49. The average molecular weight is 334 g/mol. The molecule has 0 unspecified atom stereocenters. The number of amides is 1. The van der Waals surface area contributed by atoms with Gasteiger partial charge in [-0.15, -0.1) is 12.4 Å². The fraction of sp³-hybridized carbons (Fsp3) is 0.278. The summed E-state index contributed by atoms with van der Waals surface area (Å²) >= 11 is 0. The van der Waals surface area contributed by atoms with Crippen LogP contribution >= 0.6 is 12.4 Å². The van der Waals surface area contributed by atoms with Crippen LogP contribution in [0.3, 0.4) is 0 Å². The van der Waals surface area contributed by atoms with Gasteiger partial charge in [-0.3, -0.25) is 4.79 Å². The van der Waals surface area contributed by atoms with Gasteiger partial charge in [-0.05, 0) is 36.4 Å². The first-order valence-corrected chi connectivity index (χ1v) is 7.49. The largest absolute Gasteiger partial charge is 0.378 e. The first-order chi connectivity index (χ1) is 10.6. The van der Waals surface area contributed by atoms with Crippen LogP contribution in [0, 0.1) is 0 Å². The van der Waals surface area contributed by atoms with Crippen LogP contribution in [0.1, 0.15) is 22.8 Å². The molecule has 0 aliphatic heterocycles. The van der Waals surface area contributed by atoms with Gasteiger partial charge >= 0.3 is 0 Å². The van der Waals surface area contributed by atoms with E-state index in [1.165, 1.54) is 0 Å². The molecule has 4 nitrogen and oxygen atoms in total. The fourth-order valence-corrected chi connectivity index (χ4v) is 2.18. The number of para-hydroxylation sites is 1. The van der Waals surface area contributed by atoms with Gasteiger partial charge in [-0.2, -0.15) is 0 Å². The summed E-state index contributed by atoms with van der Waals surface area (Å²) in [5.74, 6) is -0.0901. The molecule has 0 aromatic heterocycles. The van der Waals surface area contributed by atoms with E-state index in [9.17, 15) is 4.79 Å². The van der Waals surface area contributed by atoms with E-state index in [2.05, 4.69) is 17.6 Å². The summed E-state index contributed by atoms with van der Waals surface area (Å²) in [6.07, 6.45) is 0. The van der Waals surface area contributed by atoms with Crippen molar-refractivity contribution in [2.24, 2.45) is 0 Å². The van der Waals surface area contributed by atoms with Gasteiger partial charge in [0.25, 0.3) is 5.91 Å². The number of anilines is 2. The third-order valence-corrected chi connectivity index (χ3v) is 3.46. The van der Waals surface area contributed by atoms with Crippen LogP contribution in [0.5, 0.6) is 0 Å². The molecule has 0 radical (unpaired) electrons. The lowest BCUT2D eigenvalue weighted by molar-refractivity contribution is 0.102. The summed E-state index contributed by atoms with van der Waals surface area (Å²) in [5.41, 5.74) is 3.60. The maximum Gasteiger partial charge on any atom is 0.255 e. The Bertz CT molecular complexity index is 644. The Morgan fingerprint density at radius 1 is 1.09 bits per heavy atom. The highest BCUT2D eigenvalue weighted by molar-refractivity contribution is 6.05. The number of nitrogens with zero attached hydrogens (tertiary/aromatic N) is 1. The Hall–Kier alpha value is -2.04. The zero-order chi connectivity index (χ0) is 15.9. The molecule has 0 fully saturated rings. The summed E-state index contributed by atoms with van der Waals surface area (Å²) in [6, 6.07) is 15.5. The van der Waals surface area contributed by atoms with Crippen LogP contribution < -0.4 is 15.5 Å². The lowest BCUT2D eigenvalue weighted by Crippen LogP contribution is -2.17. The Balaban J connectivity index is 0.00000264. The number of carbonyl (C=O) groups is 1. The van der Waals surface area contributed by atoms with Crippen LogP contribution in [0.15, 0.2) is 48.5 Å². The molecule has 0 saturated carbocycles. The molecule has 23 heavy (non-hydrogen) atoms. The highest BCUT2D eigenvalue weighted by atomic mass is 35.5. The Kier molecular flexibility index (Phi) is 7.59. The Labute approximate surface area is 144 Å². The van der Waals surface area contributed by atoms with Gasteiger partial charge in [-0.25, -0.2) is 0 Å². The highest BCUT2D eigenvalue weighted by Crippen LogP contribution is 2.18. The lowest BCUT2D eigenvalue weighted by Gasteiger charge is -2.14. The van der Waals surface area contributed by atoms with Crippen molar-refractivity contribution in [2.45, 2.75) is 13.5 Å². The molecule has 0 heterocycles. The van der Waals surface area contributed by atoms with Gasteiger partial charge in [0, 0.05) is 37.6 Å². The van der Waals surface area contributed by atoms with Crippen molar-refractivity contribution in [3.63, 3.8) is 0 Å². The predicted octanol–water partition coefficient (Wildman–Crippen LogP) is 3.54. The molecule has 0 aliphatic carbocycles. The average Bonchev–Trinajstić information content (AvgIpc) is 2.54. The summed E-state index contributed by atoms with van der Waals surface area (Å²) in [6.45, 7) is 3.70. The molecule has 5 heteroatoms. The third-order valence-electron chi connectivity index (χ3n) is 3.46. The summed E-state index contributed by atoms with van der Waals surface area (Å²) in [7, 11) is 3.92. The van der Waals surface area contributed by atoms with Gasteiger partial charge < -0.3 is 15.5 Å². The van der Waals surface area contributed by atoms with Crippen LogP contribution in [0.2, 0.25) is 0 Å². The second kappa shape index (κ2) is 9.18. The zero-order valence-corrected chi connectivity index (χ0v) is 14.6. The van der Waals surface area contributed by atoms with E-state index in [4.69, 9.17) is 0 Å². The van der Waals surface area contributed by atoms with Crippen molar-refractivity contribution in [2.75, 3.05) is 30.9 Å². The fourth-order valence-electron chi connectivity index (χ4n) is 2.18. The maximum atomic E-state index is 12.5. The topological polar surface area (TPSA) is 44.4 Å². The molecule has 1 amide bonds. The van der Waals surface area contributed by atoms with Crippen molar-refractivity contribution in [3.8, 4) is 0 Å². The lowest BCUT2D eigenvalue weighted by atomic mass is 10.1. The first kappa shape index (κ1) is 19.0. The van der Waals surface area contributed by atoms with E-state index >= 15 is 0 Å². The molecular formula is C18H24ClN3O. The minimum atomic E-state index is -0.0901. The minimum Gasteiger partial charge on any atom is -0.378 e. The van der Waals surface area contributed by atoms with Crippen molar-refractivity contribution >= 4 is 29.7 Å². The smallest absolute Gasteiger partial charge is 0.255 e. The van der Waals surface area contributed by atoms with Gasteiger partial charge in [0.1, 0.15) is 0 Å². The summed E-state index contributed by atoms with van der Waals surface area (Å²) in [5, 5.41) is 6.29. The predicted molar refractivity (Wildman–Crippen MR) is 99.8 cm³/mol. The third kappa shape index (κ3) is 5.27. The normalized spacial score (nSPS) is 9.87. The second-order valence-corrected chi connectivity index (χ2v) is 5.34. The van der Waals surface area contributed by atoms with E-state index in [-0.39, 0.29) is 18.3 Å².